The number of thiophene rings is 1. The van der Waals surface area contributed by atoms with Gasteiger partial charge >= 0.3 is 5.97 Å². The zero-order chi connectivity index (χ0) is 13.8. The highest BCUT2D eigenvalue weighted by molar-refractivity contribution is 7.13. The molecule has 2 N–H and O–H groups in total. The molecule has 1 aromatic carbocycles. The van der Waals surface area contributed by atoms with Crippen LogP contribution >= 0.6 is 11.3 Å². The second-order valence-electron chi connectivity index (χ2n) is 4.23. The maximum absolute atomic E-state index is 12.8. The van der Waals surface area contributed by atoms with Gasteiger partial charge in [0.05, 0.1) is 0 Å². The highest BCUT2D eigenvalue weighted by atomic mass is 32.1. The number of nitrogens with one attached hydrogen (secondary N) is 1. The Kier molecular flexibility index (Phi) is 4.29. The minimum atomic E-state index is -0.900. The summed E-state index contributed by atoms with van der Waals surface area (Å²) in [5, 5.41) is 12.1. The number of carbonyl (C=O) groups is 1. The summed E-state index contributed by atoms with van der Waals surface area (Å²) in [4.78, 5) is 12.1. The van der Waals surface area contributed by atoms with Gasteiger partial charge in [-0.3, -0.25) is 0 Å². The summed E-state index contributed by atoms with van der Waals surface area (Å²) < 4.78 is 12.8. The number of benzene rings is 1. The van der Waals surface area contributed by atoms with E-state index in [4.69, 9.17) is 5.11 Å². The molecule has 3 nitrogen and oxygen atoms in total. The largest absolute Gasteiger partial charge is 0.477 e. The molecule has 0 saturated carbocycles. The molecular formula is C14H14FNO2S. The highest BCUT2D eigenvalue weighted by Gasteiger charge is 2.09. The van der Waals surface area contributed by atoms with Crippen LogP contribution < -0.4 is 5.32 Å². The lowest BCUT2D eigenvalue weighted by molar-refractivity contribution is 0.0702. The molecule has 1 atom stereocenters. The van der Waals surface area contributed by atoms with E-state index < -0.39 is 5.97 Å². The average molecular weight is 279 g/mol. The van der Waals surface area contributed by atoms with Crippen molar-refractivity contribution in [1.29, 1.82) is 0 Å². The van der Waals surface area contributed by atoms with Crippen molar-refractivity contribution in [2.24, 2.45) is 0 Å². The molecule has 19 heavy (non-hydrogen) atoms. The van der Waals surface area contributed by atoms with Crippen LogP contribution in [0.25, 0.3) is 0 Å². The van der Waals surface area contributed by atoms with Crippen molar-refractivity contribution in [2.45, 2.75) is 19.5 Å². The molecule has 0 aliphatic carbocycles. The summed E-state index contributed by atoms with van der Waals surface area (Å²) >= 11 is 1.26. The van der Waals surface area contributed by atoms with Crippen molar-refractivity contribution >= 4 is 17.3 Å². The van der Waals surface area contributed by atoms with Crippen molar-refractivity contribution < 1.29 is 14.3 Å². The van der Waals surface area contributed by atoms with Gasteiger partial charge in [0.2, 0.25) is 0 Å². The average Bonchev–Trinajstić information content (AvgIpc) is 2.86. The molecule has 2 rings (SSSR count). The van der Waals surface area contributed by atoms with Crippen LogP contribution in [-0.4, -0.2) is 11.1 Å². The first-order valence-electron chi connectivity index (χ1n) is 5.87. The third kappa shape index (κ3) is 3.62. The van der Waals surface area contributed by atoms with Crippen LogP contribution in [0.5, 0.6) is 0 Å². The Balaban J connectivity index is 1.94. The number of rotatable bonds is 5. The predicted octanol–water partition coefficient (Wildman–Crippen LogP) is 3.44. The number of carboxylic acid groups (broad SMARTS) is 1. The van der Waals surface area contributed by atoms with E-state index in [1.54, 1.807) is 24.3 Å². The van der Waals surface area contributed by atoms with Crippen molar-refractivity contribution in [3.63, 3.8) is 0 Å². The normalized spacial score (nSPS) is 12.3. The van der Waals surface area contributed by atoms with Gasteiger partial charge in [-0.05, 0) is 36.8 Å². The second-order valence-corrected chi connectivity index (χ2v) is 5.39. The van der Waals surface area contributed by atoms with Crippen LogP contribution in [0.1, 0.15) is 33.1 Å². The lowest BCUT2D eigenvalue weighted by Gasteiger charge is -2.13. The Morgan fingerprint density at radius 3 is 2.58 bits per heavy atom. The smallest absolute Gasteiger partial charge is 0.345 e. The Morgan fingerprint density at radius 2 is 2.00 bits per heavy atom. The van der Waals surface area contributed by atoms with Crippen LogP contribution in [0.15, 0.2) is 36.4 Å². The molecule has 0 fully saturated rings. The summed E-state index contributed by atoms with van der Waals surface area (Å²) in [7, 11) is 0. The maximum atomic E-state index is 12.8. The molecule has 0 bridgehead atoms. The summed E-state index contributed by atoms with van der Waals surface area (Å²) in [6.07, 6.45) is 0. The van der Waals surface area contributed by atoms with Crippen molar-refractivity contribution in [1.82, 2.24) is 5.32 Å². The fraction of sp³-hybridized carbons (Fsp3) is 0.214. The number of aromatic carboxylic acids is 1. The van der Waals surface area contributed by atoms with Crippen LogP contribution in [0, 0.1) is 5.82 Å². The Bertz CT molecular complexity index is 565. The molecule has 5 heteroatoms. The van der Waals surface area contributed by atoms with Crippen LogP contribution in [0.2, 0.25) is 0 Å². The summed E-state index contributed by atoms with van der Waals surface area (Å²) in [5.74, 6) is -1.15. The van der Waals surface area contributed by atoms with Gasteiger partial charge in [0.25, 0.3) is 0 Å². The lowest BCUT2D eigenvalue weighted by Crippen LogP contribution is -2.17. The SMILES string of the molecule is C[C@@H](NCc1ccc(C(=O)O)s1)c1ccc(F)cc1. The first kappa shape index (κ1) is 13.7. The maximum Gasteiger partial charge on any atom is 0.345 e. The molecule has 0 amide bonds. The van der Waals surface area contributed by atoms with E-state index in [0.717, 1.165) is 10.4 Å². The third-order valence-corrected chi connectivity index (χ3v) is 3.90. The summed E-state index contributed by atoms with van der Waals surface area (Å²) in [5.41, 5.74) is 0.997. The van der Waals surface area contributed by atoms with Crippen LogP contribution in [0.3, 0.4) is 0 Å². The zero-order valence-corrected chi connectivity index (χ0v) is 11.2. The molecular weight excluding hydrogens is 265 g/mol. The molecule has 0 aliphatic heterocycles. The predicted molar refractivity (Wildman–Crippen MR) is 72.9 cm³/mol. The number of hydrogen-bond acceptors (Lipinski definition) is 3. The molecule has 0 unspecified atom stereocenters. The van der Waals surface area contributed by atoms with Crippen LogP contribution in [-0.2, 0) is 6.54 Å². The molecule has 100 valence electrons. The molecule has 0 spiro atoms. The van der Waals surface area contributed by atoms with E-state index in [1.165, 1.54) is 23.5 Å². The van der Waals surface area contributed by atoms with Gasteiger partial charge in [0.15, 0.2) is 0 Å². The minimum absolute atomic E-state index is 0.0796. The van der Waals surface area contributed by atoms with Gasteiger partial charge in [-0.15, -0.1) is 11.3 Å². The molecule has 2 aromatic rings. The first-order chi connectivity index (χ1) is 9.06. The van der Waals surface area contributed by atoms with Gasteiger partial charge in [-0.1, -0.05) is 12.1 Å². The fourth-order valence-corrected chi connectivity index (χ4v) is 2.51. The Morgan fingerprint density at radius 1 is 1.32 bits per heavy atom. The molecule has 0 saturated heterocycles. The molecule has 0 radical (unpaired) electrons. The van der Waals surface area contributed by atoms with E-state index in [-0.39, 0.29) is 11.9 Å². The highest BCUT2D eigenvalue weighted by Crippen LogP contribution is 2.18. The van der Waals surface area contributed by atoms with E-state index >= 15 is 0 Å². The van der Waals surface area contributed by atoms with Crippen molar-refractivity contribution in [3.8, 4) is 0 Å². The van der Waals surface area contributed by atoms with Gasteiger partial charge < -0.3 is 10.4 Å². The van der Waals surface area contributed by atoms with E-state index in [1.807, 2.05) is 6.92 Å². The molecule has 1 heterocycles. The molecule has 0 aliphatic rings. The van der Waals surface area contributed by atoms with E-state index in [2.05, 4.69) is 5.32 Å². The molecule has 1 aromatic heterocycles. The van der Waals surface area contributed by atoms with Gasteiger partial charge in [0.1, 0.15) is 10.7 Å². The van der Waals surface area contributed by atoms with Crippen molar-refractivity contribution in [2.75, 3.05) is 0 Å². The van der Waals surface area contributed by atoms with Crippen LogP contribution in [0.4, 0.5) is 4.39 Å². The fourth-order valence-electron chi connectivity index (χ4n) is 1.71. The van der Waals surface area contributed by atoms with Crippen molar-refractivity contribution in [3.05, 3.63) is 57.5 Å². The zero-order valence-electron chi connectivity index (χ0n) is 10.4. The monoisotopic (exact) mass is 279 g/mol. The third-order valence-electron chi connectivity index (χ3n) is 2.82. The van der Waals surface area contributed by atoms with Gasteiger partial charge in [-0.25, -0.2) is 9.18 Å². The number of hydrogen-bond donors (Lipinski definition) is 2. The van der Waals surface area contributed by atoms with E-state index in [0.29, 0.717) is 11.4 Å². The number of halogens is 1. The topological polar surface area (TPSA) is 49.3 Å². The quantitative estimate of drug-likeness (QED) is 0.881. The van der Waals surface area contributed by atoms with E-state index in [9.17, 15) is 9.18 Å². The Hall–Kier alpha value is -1.72. The van der Waals surface area contributed by atoms with Gasteiger partial charge in [-0.2, -0.15) is 0 Å². The number of carboxylic acids is 1. The summed E-state index contributed by atoms with van der Waals surface area (Å²) in [6.45, 7) is 2.58. The first-order valence-corrected chi connectivity index (χ1v) is 6.69. The van der Waals surface area contributed by atoms with Gasteiger partial charge in [0, 0.05) is 17.5 Å². The minimum Gasteiger partial charge on any atom is -0.477 e. The summed E-state index contributed by atoms with van der Waals surface area (Å²) in [6, 6.07) is 9.83. The lowest BCUT2D eigenvalue weighted by atomic mass is 10.1. The Labute approximate surface area is 114 Å². The standard InChI is InChI=1S/C14H14FNO2S/c1-9(10-2-4-11(15)5-3-10)16-8-12-6-7-13(19-12)14(17)18/h2-7,9,16H,8H2,1H3,(H,17,18)/t9-/m1/s1. The second kappa shape index (κ2) is 5.95.